The van der Waals surface area contributed by atoms with Gasteiger partial charge < -0.3 is 18.3 Å². The maximum Gasteiger partial charge on any atom is 0.313 e. The van der Waals surface area contributed by atoms with E-state index in [1.165, 1.54) is 0 Å². The normalized spacial score (nSPS) is 14.3. The summed E-state index contributed by atoms with van der Waals surface area (Å²) in [5, 5.41) is 0. The predicted octanol–water partition coefficient (Wildman–Crippen LogP) is 5.92. The molecule has 30 heavy (non-hydrogen) atoms. The van der Waals surface area contributed by atoms with E-state index in [0.29, 0.717) is 11.7 Å². The summed E-state index contributed by atoms with van der Waals surface area (Å²) < 4.78 is 23.5. The summed E-state index contributed by atoms with van der Waals surface area (Å²) in [4.78, 5) is 24.2. The van der Waals surface area contributed by atoms with Crippen LogP contribution >= 0.6 is 0 Å². The molecule has 8 heteroatoms. The van der Waals surface area contributed by atoms with Crippen LogP contribution in [0.4, 0.5) is 0 Å². The van der Waals surface area contributed by atoms with Crippen molar-refractivity contribution >= 4 is 28.4 Å². The average Bonchev–Trinajstić information content (AvgIpc) is 2.36. The summed E-state index contributed by atoms with van der Waals surface area (Å²) >= 11 is 0. The van der Waals surface area contributed by atoms with Crippen LogP contribution in [0, 0.1) is 0 Å². The van der Waals surface area contributed by atoms with Crippen molar-refractivity contribution in [3.8, 4) is 0 Å². The van der Waals surface area contributed by atoms with Crippen molar-refractivity contribution < 1.29 is 27.9 Å². The lowest BCUT2D eigenvalue weighted by Crippen LogP contribution is -2.30. The molecule has 0 amide bonds. The fourth-order valence-corrected chi connectivity index (χ4v) is 3.66. The third-order valence-electron chi connectivity index (χ3n) is 2.79. The highest BCUT2D eigenvalue weighted by molar-refractivity contribution is 6.70. The zero-order chi connectivity index (χ0) is 24.0. The number of esters is 1. The van der Waals surface area contributed by atoms with Gasteiger partial charge in [-0.2, -0.15) is 0 Å². The van der Waals surface area contributed by atoms with Gasteiger partial charge in [0.25, 0.3) is 5.95 Å². The molecule has 0 aromatic rings. The SMILES string of the molecule is CC(C)(C)OC(=O)CC(=O)C/C=C(\C=C(\OC(C)(C)C)O[Si](C)(C)C)O[Si](C)(C)C. The van der Waals surface area contributed by atoms with Gasteiger partial charge in [-0.25, -0.2) is 0 Å². The molecular formula is C22H42O6Si2. The highest BCUT2D eigenvalue weighted by Crippen LogP contribution is 2.22. The molecule has 0 atom stereocenters. The molecule has 0 aliphatic rings. The Hall–Kier alpha value is -1.55. The van der Waals surface area contributed by atoms with Gasteiger partial charge in [0.1, 0.15) is 29.2 Å². The van der Waals surface area contributed by atoms with E-state index >= 15 is 0 Å². The minimum Gasteiger partial charge on any atom is -0.544 e. The Labute approximate surface area is 185 Å². The second-order valence-corrected chi connectivity index (χ2v) is 20.1. The zero-order valence-electron chi connectivity index (χ0n) is 21.0. The van der Waals surface area contributed by atoms with Crippen LogP contribution in [0.3, 0.4) is 0 Å². The van der Waals surface area contributed by atoms with Gasteiger partial charge in [-0.1, -0.05) is 0 Å². The number of carbonyl (C=O) groups excluding carboxylic acids is 2. The van der Waals surface area contributed by atoms with E-state index < -0.39 is 33.8 Å². The van der Waals surface area contributed by atoms with Crippen LogP contribution in [-0.2, 0) is 27.9 Å². The Morgan fingerprint density at radius 3 is 1.63 bits per heavy atom. The summed E-state index contributed by atoms with van der Waals surface area (Å²) in [5.41, 5.74) is -1.06. The van der Waals surface area contributed by atoms with E-state index in [1.54, 1.807) is 32.9 Å². The first-order valence-electron chi connectivity index (χ1n) is 10.4. The van der Waals surface area contributed by atoms with Crippen molar-refractivity contribution in [1.82, 2.24) is 0 Å². The van der Waals surface area contributed by atoms with Crippen molar-refractivity contribution in [3.63, 3.8) is 0 Å². The first-order chi connectivity index (χ1) is 13.2. The first kappa shape index (κ1) is 28.5. The van der Waals surface area contributed by atoms with E-state index in [1.807, 2.05) is 20.8 Å². The van der Waals surface area contributed by atoms with Gasteiger partial charge in [0.15, 0.2) is 0 Å². The Balaban J connectivity index is 5.60. The van der Waals surface area contributed by atoms with Gasteiger partial charge in [0.05, 0.1) is 6.08 Å². The van der Waals surface area contributed by atoms with Crippen LogP contribution in [0.2, 0.25) is 39.3 Å². The fraction of sp³-hybridized carbons (Fsp3) is 0.727. The predicted molar refractivity (Wildman–Crippen MR) is 126 cm³/mol. The Kier molecular flexibility index (Phi) is 10.1. The molecule has 0 N–H and O–H groups in total. The molecule has 0 aromatic heterocycles. The monoisotopic (exact) mass is 458 g/mol. The summed E-state index contributed by atoms with van der Waals surface area (Å²) in [7, 11) is -3.88. The summed E-state index contributed by atoms with van der Waals surface area (Å²) in [6, 6.07) is 0. The molecule has 174 valence electrons. The van der Waals surface area contributed by atoms with E-state index in [0.717, 1.165) is 0 Å². The van der Waals surface area contributed by atoms with E-state index in [-0.39, 0.29) is 18.6 Å². The van der Waals surface area contributed by atoms with Crippen LogP contribution in [0.5, 0.6) is 0 Å². The van der Waals surface area contributed by atoms with Crippen molar-refractivity contribution in [1.29, 1.82) is 0 Å². The Morgan fingerprint density at radius 2 is 1.23 bits per heavy atom. The van der Waals surface area contributed by atoms with E-state index in [9.17, 15) is 9.59 Å². The number of hydrogen-bond donors (Lipinski definition) is 0. The largest absolute Gasteiger partial charge is 0.544 e. The van der Waals surface area contributed by atoms with E-state index in [4.69, 9.17) is 18.3 Å². The van der Waals surface area contributed by atoms with E-state index in [2.05, 4.69) is 39.3 Å². The fourth-order valence-electron chi connectivity index (χ4n) is 2.11. The lowest BCUT2D eigenvalue weighted by Gasteiger charge is -2.29. The lowest BCUT2D eigenvalue weighted by atomic mass is 10.1. The first-order valence-corrected chi connectivity index (χ1v) is 17.2. The molecule has 0 aromatic carbocycles. The highest BCUT2D eigenvalue weighted by atomic mass is 28.4. The summed E-state index contributed by atoms with van der Waals surface area (Å²) in [6.07, 6.45) is 3.19. The van der Waals surface area contributed by atoms with Crippen molar-refractivity contribution in [3.05, 3.63) is 23.9 Å². The molecule has 0 bridgehead atoms. The maximum absolute atomic E-state index is 12.3. The molecule has 0 aliphatic heterocycles. The van der Waals surface area contributed by atoms with Crippen molar-refractivity contribution in [2.45, 2.75) is 105 Å². The quantitative estimate of drug-likeness (QED) is 0.133. The van der Waals surface area contributed by atoms with Crippen LogP contribution in [-0.4, -0.2) is 39.6 Å². The summed E-state index contributed by atoms with van der Waals surface area (Å²) in [6.45, 7) is 23.5. The number of ketones is 1. The Bertz CT molecular complexity index is 635. The van der Waals surface area contributed by atoms with Gasteiger partial charge in [-0.3, -0.25) is 9.59 Å². The number of hydrogen-bond acceptors (Lipinski definition) is 6. The molecular weight excluding hydrogens is 416 g/mol. The van der Waals surface area contributed by atoms with Crippen LogP contribution in [0.15, 0.2) is 23.9 Å². The minimum atomic E-state index is -1.96. The molecule has 0 radical (unpaired) electrons. The Morgan fingerprint density at radius 1 is 0.767 bits per heavy atom. The van der Waals surface area contributed by atoms with Crippen LogP contribution < -0.4 is 0 Å². The van der Waals surface area contributed by atoms with Crippen molar-refractivity contribution in [2.75, 3.05) is 0 Å². The maximum atomic E-state index is 12.3. The van der Waals surface area contributed by atoms with Gasteiger partial charge in [-0.15, -0.1) is 0 Å². The van der Waals surface area contributed by atoms with Gasteiger partial charge in [0.2, 0.25) is 16.6 Å². The van der Waals surface area contributed by atoms with Crippen LogP contribution in [0.1, 0.15) is 54.4 Å². The number of rotatable bonds is 10. The molecule has 0 saturated heterocycles. The van der Waals surface area contributed by atoms with Crippen molar-refractivity contribution in [2.24, 2.45) is 0 Å². The van der Waals surface area contributed by atoms with Gasteiger partial charge >= 0.3 is 5.97 Å². The number of ether oxygens (including phenoxy) is 2. The molecule has 0 saturated carbocycles. The van der Waals surface area contributed by atoms with Crippen LogP contribution in [0.25, 0.3) is 0 Å². The van der Waals surface area contributed by atoms with Gasteiger partial charge in [0, 0.05) is 6.42 Å². The molecule has 6 nitrogen and oxygen atoms in total. The molecule has 0 spiro atoms. The smallest absolute Gasteiger partial charge is 0.313 e. The molecule has 0 unspecified atom stereocenters. The standard InChI is InChI=1S/C22H42O6Si2/c1-21(2,3)25-19(24)15-17(23)13-14-18(27-29(7,8)9)16-20(26-22(4,5)6)28-30(10,11)12/h14,16H,13,15H2,1-12H3/b18-14+,20-16-. The second-order valence-electron chi connectivity index (χ2n) is 11.2. The average molecular weight is 459 g/mol. The number of carbonyl (C=O) groups is 2. The van der Waals surface area contributed by atoms with Gasteiger partial charge in [-0.05, 0) is 86.9 Å². The second kappa shape index (κ2) is 10.7. The molecule has 0 rings (SSSR count). The number of allylic oxidation sites excluding steroid dienone is 2. The minimum absolute atomic E-state index is 0.0608. The third-order valence-corrected chi connectivity index (χ3v) is 4.45. The molecule has 0 fully saturated rings. The lowest BCUT2D eigenvalue weighted by molar-refractivity contribution is -0.156. The number of Topliss-reactive ketones (excluding diaryl/α,β-unsaturated/α-hetero) is 1. The molecule has 0 heterocycles. The highest BCUT2D eigenvalue weighted by Gasteiger charge is 2.25. The summed E-state index contributed by atoms with van der Waals surface area (Å²) in [5.74, 6) is 0.136. The molecule has 0 aliphatic carbocycles. The topological polar surface area (TPSA) is 71.1 Å². The zero-order valence-corrected chi connectivity index (χ0v) is 23.0. The third kappa shape index (κ3) is 17.3.